The maximum atomic E-state index is 14.4. The highest BCUT2D eigenvalue weighted by atomic mass is 16.5. The van der Waals surface area contributed by atoms with E-state index in [0.29, 0.717) is 13.0 Å². The molecule has 1 aliphatic heterocycles. The summed E-state index contributed by atoms with van der Waals surface area (Å²) < 4.78 is 5.75. The van der Waals surface area contributed by atoms with Gasteiger partial charge in [-0.1, -0.05) is 98.6 Å². The monoisotopic (exact) mass is 681 g/mol. The summed E-state index contributed by atoms with van der Waals surface area (Å²) >= 11 is 0. The highest BCUT2D eigenvalue weighted by Crippen LogP contribution is 2.65. The van der Waals surface area contributed by atoms with Crippen LogP contribution < -0.4 is 21.3 Å². The first-order valence-electron chi connectivity index (χ1n) is 17.4. The number of carbonyl (C=O) groups excluding carboxylic acids is 6. The van der Waals surface area contributed by atoms with Crippen molar-refractivity contribution in [3.05, 3.63) is 35.9 Å². The second kappa shape index (κ2) is 14.1. The number of fused-ring (bicyclic) bond motifs is 1. The number of hydrogen-bond acceptors (Lipinski definition) is 7. The Bertz CT molecular complexity index is 1440. The Morgan fingerprint density at radius 3 is 2.00 bits per heavy atom. The lowest BCUT2D eigenvalue weighted by atomic mass is 9.85. The second-order valence-corrected chi connectivity index (χ2v) is 16.8. The maximum absolute atomic E-state index is 14.4. The number of Topliss-reactive ketones (excluding diaryl/α,β-unsaturated/α-hetero) is 1. The van der Waals surface area contributed by atoms with Gasteiger partial charge >= 0.3 is 12.0 Å². The van der Waals surface area contributed by atoms with Crippen molar-refractivity contribution in [1.82, 2.24) is 26.2 Å². The van der Waals surface area contributed by atoms with Crippen LogP contribution in [-0.2, 0) is 28.7 Å². The Kier molecular flexibility index (Phi) is 10.9. The van der Waals surface area contributed by atoms with Crippen molar-refractivity contribution in [2.45, 2.75) is 112 Å². The summed E-state index contributed by atoms with van der Waals surface area (Å²) in [6.45, 7) is 17.1. The summed E-state index contributed by atoms with van der Waals surface area (Å²) in [6.07, 6.45) is 1.68. The molecule has 1 aromatic rings. The molecule has 3 aliphatic rings. The number of rotatable bonds is 12. The van der Waals surface area contributed by atoms with Crippen LogP contribution in [0, 0.1) is 34.0 Å². The summed E-state index contributed by atoms with van der Waals surface area (Å²) in [5.74, 6) is -2.83. The van der Waals surface area contributed by atoms with Crippen LogP contribution in [-0.4, -0.2) is 78.2 Å². The fraction of sp³-hybridized carbons (Fsp3) is 0.676. The molecular formula is C37H55N5O7. The minimum atomic E-state index is -1.06. The lowest BCUT2D eigenvalue weighted by molar-refractivity contribution is -0.153. The van der Waals surface area contributed by atoms with Crippen molar-refractivity contribution in [2.24, 2.45) is 34.0 Å². The molecule has 1 saturated heterocycles. The lowest BCUT2D eigenvalue weighted by Crippen LogP contribution is -2.62. The highest BCUT2D eigenvalue weighted by Gasteiger charge is 2.70. The van der Waals surface area contributed by atoms with E-state index in [0.717, 1.165) is 18.4 Å². The van der Waals surface area contributed by atoms with Crippen LogP contribution in [0.2, 0.25) is 0 Å². The Hall–Kier alpha value is -3.96. The van der Waals surface area contributed by atoms with Gasteiger partial charge in [0.25, 0.3) is 5.91 Å². The van der Waals surface area contributed by atoms with E-state index in [2.05, 4.69) is 35.1 Å². The molecule has 0 bridgehead atoms. The third-order valence-electron chi connectivity index (χ3n) is 10.4. The van der Waals surface area contributed by atoms with Gasteiger partial charge in [0.1, 0.15) is 24.2 Å². The highest BCUT2D eigenvalue weighted by molar-refractivity contribution is 6.38. The van der Waals surface area contributed by atoms with Gasteiger partial charge in [0.2, 0.25) is 17.6 Å². The lowest BCUT2D eigenvalue weighted by Gasteiger charge is -2.38. The van der Waals surface area contributed by atoms with E-state index in [1.165, 1.54) is 11.9 Å². The third-order valence-corrected chi connectivity index (χ3v) is 10.4. The van der Waals surface area contributed by atoms with Gasteiger partial charge in [-0.05, 0) is 52.9 Å². The first-order valence-corrected chi connectivity index (χ1v) is 17.4. The number of piperidine rings is 1. The Morgan fingerprint density at radius 1 is 0.898 bits per heavy atom. The van der Waals surface area contributed by atoms with Gasteiger partial charge in [-0.15, -0.1) is 0 Å². The van der Waals surface area contributed by atoms with E-state index in [9.17, 15) is 28.8 Å². The van der Waals surface area contributed by atoms with Crippen LogP contribution in [0.3, 0.4) is 0 Å². The van der Waals surface area contributed by atoms with Crippen LogP contribution in [0.25, 0.3) is 0 Å². The first-order chi connectivity index (χ1) is 22.7. The molecule has 1 heterocycles. The Labute approximate surface area is 290 Å². The summed E-state index contributed by atoms with van der Waals surface area (Å²) in [5.41, 5.74) is -0.885. The van der Waals surface area contributed by atoms with Crippen molar-refractivity contribution >= 4 is 35.5 Å². The van der Waals surface area contributed by atoms with Crippen molar-refractivity contribution < 1.29 is 33.5 Å². The van der Waals surface area contributed by atoms with E-state index < -0.39 is 76.6 Å². The van der Waals surface area contributed by atoms with E-state index in [1.54, 1.807) is 6.92 Å². The molecule has 2 aliphatic carbocycles. The number of likely N-dealkylation sites (N-methyl/N-ethyl adjacent to an activating group) is 1. The molecule has 2 saturated carbocycles. The second-order valence-electron chi connectivity index (χ2n) is 16.8. The normalized spacial score (nSPS) is 23.6. The van der Waals surface area contributed by atoms with Crippen molar-refractivity contribution in [2.75, 3.05) is 13.6 Å². The smallest absolute Gasteiger partial charge is 0.329 e. The number of ether oxygens (including phenoxy) is 1. The van der Waals surface area contributed by atoms with Crippen LogP contribution in [0.15, 0.2) is 30.3 Å². The summed E-state index contributed by atoms with van der Waals surface area (Å²) in [6, 6.07) is 4.61. The molecule has 0 aromatic heterocycles. The first kappa shape index (κ1) is 37.9. The molecule has 7 atom stereocenters. The van der Waals surface area contributed by atoms with Gasteiger partial charge in [-0.3, -0.25) is 19.2 Å². The van der Waals surface area contributed by atoms with Gasteiger partial charge in [0, 0.05) is 13.6 Å². The molecule has 0 spiro atoms. The zero-order valence-corrected chi connectivity index (χ0v) is 30.6. The largest absolute Gasteiger partial charge is 0.456 e. The number of esters is 1. The van der Waals surface area contributed by atoms with Crippen molar-refractivity contribution in [3.63, 3.8) is 0 Å². The van der Waals surface area contributed by atoms with Gasteiger partial charge in [-0.2, -0.15) is 0 Å². The van der Waals surface area contributed by atoms with E-state index in [-0.39, 0.29) is 23.2 Å². The summed E-state index contributed by atoms with van der Waals surface area (Å²) in [5, 5.41) is 10.8. The van der Waals surface area contributed by atoms with Gasteiger partial charge in [0.15, 0.2) is 0 Å². The third kappa shape index (κ3) is 8.62. The molecule has 4 rings (SSSR count). The molecular weight excluding hydrogens is 626 g/mol. The van der Waals surface area contributed by atoms with Gasteiger partial charge < -0.3 is 30.9 Å². The number of benzene rings is 1. The molecule has 3 fully saturated rings. The summed E-state index contributed by atoms with van der Waals surface area (Å²) in [7, 11) is 1.37. The molecule has 12 nitrogen and oxygen atoms in total. The fourth-order valence-corrected chi connectivity index (χ4v) is 7.05. The number of urea groups is 1. The molecule has 5 amide bonds. The van der Waals surface area contributed by atoms with Crippen LogP contribution >= 0.6 is 0 Å². The molecule has 270 valence electrons. The Balaban J connectivity index is 1.51. The summed E-state index contributed by atoms with van der Waals surface area (Å²) in [4.78, 5) is 82.1. The number of nitrogens with zero attached hydrogens (tertiary/aromatic N) is 1. The minimum absolute atomic E-state index is 0.0600. The molecule has 0 radical (unpaired) electrons. The number of amides is 5. The molecule has 12 heteroatoms. The van der Waals surface area contributed by atoms with Crippen LogP contribution in [0.1, 0.15) is 93.2 Å². The average molecular weight is 682 g/mol. The number of hydrogen-bond donors (Lipinski definition) is 4. The van der Waals surface area contributed by atoms with E-state index in [1.807, 2.05) is 71.9 Å². The predicted molar refractivity (Wildman–Crippen MR) is 184 cm³/mol. The van der Waals surface area contributed by atoms with Crippen molar-refractivity contribution in [3.8, 4) is 0 Å². The molecule has 4 N–H and O–H groups in total. The van der Waals surface area contributed by atoms with Gasteiger partial charge in [-0.25, -0.2) is 9.59 Å². The molecule has 1 unspecified atom stereocenters. The number of ketones is 1. The predicted octanol–water partition coefficient (Wildman–Crippen LogP) is 3.50. The topological polar surface area (TPSA) is 163 Å². The van der Waals surface area contributed by atoms with Crippen LogP contribution in [0.4, 0.5) is 4.79 Å². The number of carbonyl (C=O) groups is 6. The maximum Gasteiger partial charge on any atom is 0.329 e. The van der Waals surface area contributed by atoms with E-state index >= 15 is 0 Å². The minimum Gasteiger partial charge on any atom is -0.456 e. The SMILES string of the molecule is CNC(=O)C(=O)C(CC1CC1)NC(=O)[C@@H]1[C@@H]2[C@H](CN1C(=O)[C@@H](NC(=O)N[C@H](C(=O)O[C@H](C)c1ccccc1)C(C)(C)C)C(C)(C)C)C2(C)C. The van der Waals surface area contributed by atoms with Gasteiger partial charge in [0.05, 0.1) is 6.04 Å². The van der Waals surface area contributed by atoms with E-state index in [4.69, 9.17) is 4.74 Å². The van der Waals surface area contributed by atoms with Crippen LogP contribution in [0.5, 0.6) is 0 Å². The molecule has 49 heavy (non-hydrogen) atoms. The molecule has 1 aromatic carbocycles. The standard InChI is InChI=1S/C37H55N5O7/c1-20(22-14-12-11-13-15-22)49-33(47)29(36(5,6)7)41-34(48)40-28(35(2,3)4)32(46)42-19-23-25(37(23,8)9)26(42)30(44)39-24(18-21-16-17-21)27(43)31(45)38-10/h11-15,20-21,23-26,28-29H,16-19H2,1-10H3,(H,38,45)(H,39,44)(H2,40,41,48)/t20-,23+,24?,25+,26+,28-,29-/m1/s1. The zero-order chi connectivity index (χ0) is 36.6. The quantitative estimate of drug-likeness (QED) is 0.194. The average Bonchev–Trinajstić information content (AvgIpc) is 3.87. The number of likely N-dealkylation sites (tertiary alicyclic amines) is 1. The Morgan fingerprint density at radius 2 is 1.47 bits per heavy atom. The number of nitrogens with one attached hydrogen (secondary N) is 4. The van der Waals surface area contributed by atoms with Crippen molar-refractivity contribution in [1.29, 1.82) is 0 Å². The fourth-order valence-electron chi connectivity index (χ4n) is 7.05. The zero-order valence-electron chi connectivity index (χ0n) is 30.6.